The van der Waals surface area contributed by atoms with Crippen molar-refractivity contribution in [1.29, 1.82) is 0 Å². The monoisotopic (exact) mass is 495 g/mol. The van der Waals surface area contributed by atoms with Gasteiger partial charge < -0.3 is 14.2 Å². The van der Waals surface area contributed by atoms with E-state index < -0.39 is 10.1 Å². The van der Waals surface area contributed by atoms with E-state index in [2.05, 4.69) is 0 Å². The fourth-order valence-electron chi connectivity index (χ4n) is 3.57. The SMILES string of the molecule is COc1cc(-c2nc(N(OS(C)(=O)=O)c3ccc(C)cc3)c3ccccc3n2)cc(OC)c1OC. The molecule has 9 nitrogen and oxygen atoms in total. The second kappa shape index (κ2) is 9.77. The number of anilines is 2. The summed E-state index contributed by atoms with van der Waals surface area (Å²) in [6, 6.07) is 18.0. The number of rotatable bonds is 8. The van der Waals surface area contributed by atoms with Crippen LogP contribution in [0.1, 0.15) is 5.56 Å². The zero-order valence-electron chi connectivity index (χ0n) is 20.0. The minimum atomic E-state index is -3.90. The molecule has 0 saturated heterocycles. The molecule has 0 N–H and O–H groups in total. The molecule has 4 rings (SSSR count). The van der Waals surface area contributed by atoms with Crippen LogP contribution in [0.5, 0.6) is 17.2 Å². The lowest BCUT2D eigenvalue weighted by Crippen LogP contribution is -2.23. The van der Waals surface area contributed by atoms with Gasteiger partial charge in [0.1, 0.15) is 0 Å². The zero-order valence-corrected chi connectivity index (χ0v) is 20.8. The number of aryl methyl sites for hydroxylation is 1. The molecule has 182 valence electrons. The number of benzene rings is 3. The van der Waals surface area contributed by atoms with Gasteiger partial charge in [0.2, 0.25) is 5.75 Å². The summed E-state index contributed by atoms with van der Waals surface area (Å²) < 4.78 is 46.3. The average molecular weight is 496 g/mol. The Morgan fingerprint density at radius 1 is 0.829 bits per heavy atom. The van der Waals surface area contributed by atoms with Gasteiger partial charge in [0.25, 0.3) is 10.1 Å². The molecule has 0 radical (unpaired) electrons. The van der Waals surface area contributed by atoms with Gasteiger partial charge in [0, 0.05) is 10.9 Å². The first kappa shape index (κ1) is 24.2. The Bertz CT molecular complexity index is 1450. The van der Waals surface area contributed by atoms with E-state index in [0.717, 1.165) is 11.8 Å². The van der Waals surface area contributed by atoms with Gasteiger partial charge in [-0.2, -0.15) is 13.5 Å². The van der Waals surface area contributed by atoms with Crippen LogP contribution in [0.25, 0.3) is 22.3 Å². The minimum absolute atomic E-state index is 0.258. The molecule has 35 heavy (non-hydrogen) atoms. The highest BCUT2D eigenvalue weighted by molar-refractivity contribution is 7.86. The summed E-state index contributed by atoms with van der Waals surface area (Å²) in [6.45, 7) is 1.94. The molecule has 0 atom stereocenters. The lowest BCUT2D eigenvalue weighted by Gasteiger charge is -2.23. The van der Waals surface area contributed by atoms with Crippen LogP contribution in [-0.4, -0.2) is 46.0 Å². The highest BCUT2D eigenvalue weighted by Gasteiger charge is 2.23. The summed E-state index contributed by atoms with van der Waals surface area (Å²) in [6.07, 6.45) is 0.984. The Morgan fingerprint density at radius 3 is 2.03 bits per heavy atom. The molecule has 1 heterocycles. The minimum Gasteiger partial charge on any atom is -0.493 e. The van der Waals surface area contributed by atoms with Gasteiger partial charge in [0.15, 0.2) is 23.1 Å². The topological polar surface area (TPSA) is 100 Å². The number of fused-ring (bicyclic) bond motifs is 1. The standard InChI is InChI=1S/C25H25N3O6S/c1-16-10-12-18(13-11-16)28(34-35(5,29)30)25-19-8-6-7-9-20(19)26-24(27-25)17-14-21(31-2)23(33-4)22(15-17)32-3/h6-15H,1-5H3. The Morgan fingerprint density at radius 2 is 1.46 bits per heavy atom. The van der Waals surface area contributed by atoms with Crippen molar-refractivity contribution < 1.29 is 26.9 Å². The normalized spacial score (nSPS) is 11.3. The maximum Gasteiger partial charge on any atom is 0.285 e. The van der Waals surface area contributed by atoms with Crippen LogP contribution in [0.3, 0.4) is 0 Å². The van der Waals surface area contributed by atoms with Crippen molar-refractivity contribution in [3.05, 3.63) is 66.2 Å². The third-order valence-electron chi connectivity index (χ3n) is 5.18. The predicted molar refractivity (Wildman–Crippen MR) is 134 cm³/mol. The van der Waals surface area contributed by atoms with Gasteiger partial charge in [-0.15, -0.1) is 4.28 Å². The molecule has 0 spiro atoms. The highest BCUT2D eigenvalue weighted by Crippen LogP contribution is 2.41. The van der Waals surface area contributed by atoms with Crippen molar-refractivity contribution >= 4 is 32.5 Å². The van der Waals surface area contributed by atoms with Crippen LogP contribution in [-0.2, 0) is 14.4 Å². The van der Waals surface area contributed by atoms with Gasteiger partial charge in [-0.25, -0.2) is 9.97 Å². The molecule has 10 heteroatoms. The lowest BCUT2D eigenvalue weighted by molar-refractivity contribution is 0.324. The molecular formula is C25H25N3O6S. The Balaban J connectivity index is 1.99. The molecule has 4 aromatic rings. The maximum atomic E-state index is 12.2. The molecule has 0 fully saturated rings. The molecule has 0 saturated carbocycles. The van der Waals surface area contributed by atoms with E-state index >= 15 is 0 Å². The molecule has 3 aromatic carbocycles. The third-order valence-corrected chi connectivity index (χ3v) is 5.60. The number of aromatic nitrogens is 2. The summed E-state index contributed by atoms with van der Waals surface area (Å²) in [5.41, 5.74) is 2.67. The van der Waals surface area contributed by atoms with Gasteiger partial charge in [-0.05, 0) is 43.3 Å². The van der Waals surface area contributed by atoms with E-state index in [1.54, 1.807) is 30.3 Å². The second-order valence-corrected chi connectivity index (χ2v) is 9.27. The molecule has 0 aliphatic carbocycles. The van der Waals surface area contributed by atoms with E-state index in [9.17, 15) is 8.42 Å². The Hall–Kier alpha value is -3.89. The van der Waals surface area contributed by atoms with E-state index in [0.29, 0.717) is 45.2 Å². The quantitative estimate of drug-likeness (QED) is 0.323. The summed E-state index contributed by atoms with van der Waals surface area (Å²) >= 11 is 0. The summed E-state index contributed by atoms with van der Waals surface area (Å²) in [7, 11) is 0.665. The first-order chi connectivity index (χ1) is 16.7. The fourth-order valence-corrected chi connectivity index (χ4v) is 4.00. The number of methoxy groups -OCH3 is 3. The number of ether oxygens (including phenoxy) is 3. The Kier molecular flexibility index (Phi) is 6.77. The smallest absolute Gasteiger partial charge is 0.285 e. The Labute approximate surface area is 203 Å². The third kappa shape index (κ3) is 5.13. The number of para-hydroxylation sites is 1. The first-order valence-electron chi connectivity index (χ1n) is 10.6. The van der Waals surface area contributed by atoms with E-state index in [-0.39, 0.29) is 5.82 Å². The van der Waals surface area contributed by atoms with Crippen LogP contribution >= 0.6 is 0 Å². The van der Waals surface area contributed by atoms with Gasteiger partial charge in [-0.1, -0.05) is 29.8 Å². The lowest BCUT2D eigenvalue weighted by atomic mass is 10.1. The van der Waals surface area contributed by atoms with Crippen molar-refractivity contribution in [2.24, 2.45) is 0 Å². The second-order valence-electron chi connectivity index (χ2n) is 7.71. The van der Waals surface area contributed by atoms with E-state index in [4.69, 9.17) is 28.5 Å². The van der Waals surface area contributed by atoms with Crippen molar-refractivity contribution in [2.75, 3.05) is 32.6 Å². The molecule has 1 aromatic heterocycles. The van der Waals surface area contributed by atoms with Crippen molar-refractivity contribution in [2.45, 2.75) is 6.92 Å². The van der Waals surface area contributed by atoms with E-state index in [1.807, 2.05) is 37.3 Å². The van der Waals surface area contributed by atoms with Crippen LogP contribution in [0, 0.1) is 6.92 Å². The predicted octanol–water partition coefficient (Wildman–Crippen LogP) is 4.66. The van der Waals surface area contributed by atoms with E-state index in [1.165, 1.54) is 26.4 Å². The summed E-state index contributed by atoms with van der Waals surface area (Å²) in [5, 5.41) is 1.80. The van der Waals surface area contributed by atoms with Crippen LogP contribution < -0.4 is 19.3 Å². The fraction of sp³-hybridized carbons (Fsp3) is 0.200. The van der Waals surface area contributed by atoms with Crippen molar-refractivity contribution in [3.63, 3.8) is 0 Å². The number of hydrogen-bond acceptors (Lipinski definition) is 9. The molecule has 0 aliphatic heterocycles. The van der Waals surface area contributed by atoms with Crippen molar-refractivity contribution in [3.8, 4) is 28.6 Å². The van der Waals surface area contributed by atoms with Crippen molar-refractivity contribution in [1.82, 2.24) is 9.97 Å². The molecule has 0 aliphatic rings. The molecular weight excluding hydrogens is 470 g/mol. The number of hydrogen-bond donors (Lipinski definition) is 0. The summed E-state index contributed by atoms with van der Waals surface area (Å²) in [4.78, 5) is 9.44. The number of nitrogens with zero attached hydrogens (tertiary/aromatic N) is 3. The zero-order chi connectivity index (χ0) is 25.2. The van der Waals surface area contributed by atoms with Gasteiger partial charge >= 0.3 is 0 Å². The van der Waals surface area contributed by atoms with Gasteiger partial charge in [0.05, 0.1) is 38.8 Å². The molecule has 0 bridgehead atoms. The van der Waals surface area contributed by atoms with Crippen LogP contribution in [0.15, 0.2) is 60.7 Å². The average Bonchev–Trinajstić information content (AvgIpc) is 2.85. The van der Waals surface area contributed by atoms with Crippen LogP contribution in [0.4, 0.5) is 11.5 Å². The summed E-state index contributed by atoms with van der Waals surface area (Å²) in [5.74, 6) is 1.87. The van der Waals surface area contributed by atoms with Gasteiger partial charge in [-0.3, -0.25) is 0 Å². The van der Waals surface area contributed by atoms with Crippen LogP contribution in [0.2, 0.25) is 0 Å². The maximum absolute atomic E-state index is 12.2. The largest absolute Gasteiger partial charge is 0.493 e. The highest BCUT2D eigenvalue weighted by atomic mass is 32.2. The first-order valence-corrected chi connectivity index (χ1v) is 12.4. The molecule has 0 amide bonds. The molecule has 0 unspecified atom stereocenters.